The summed E-state index contributed by atoms with van der Waals surface area (Å²) in [5.41, 5.74) is 3.57. The Balaban J connectivity index is 3.02. The Labute approximate surface area is 74.3 Å². The summed E-state index contributed by atoms with van der Waals surface area (Å²) in [5.74, 6) is 0. The fraction of sp³-hybridized carbons (Fsp3) is 0.273. The summed E-state index contributed by atoms with van der Waals surface area (Å²) in [5, 5.41) is 0. The van der Waals surface area contributed by atoms with Gasteiger partial charge in [-0.2, -0.15) is 0 Å². The van der Waals surface area contributed by atoms with Gasteiger partial charge < -0.3 is 4.90 Å². The average molecular weight is 161 g/mol. The monoisotopic (exact) mass is 161 g/mol. The van der Waals surface area contributed by atoms with Crippen LogP contribution in [0, 0.1) is 6.92 Å². The third-order valence-corrected chi connectivity index (χ3v) is 2.05. The van der Waals surface area contributed by atoms with Crippen LogP contribution in [-0.4, -0.2) is 7.05 Å². The molecule has 1 nitrogen and oxygen atoms in total. The number of benzene rings is 1. The first-order valence-electron chi connectivity index (χ1n) is 4.08. The number of para-hydroxylation sites is 1. The fourth-order valence-electron chi connectivity index (χ4n) is 1.15. The minimum Gasteiger partial charge on any atom is -0.349 e. The third kappa shape index (κ3) is 1.67. The zero-order chi connectivity index (χ0) is 9.14. The van der Waals surface area contributed by atoms with Crippen molar-refractivity contribution < 1.29 is 0 Å². The third-order valence-electron chi connectivity index (χ3n) is 2.05. The first-order valence-corrected chi connectivity index (χ1v) is 4.08. The highest BCUT2D eigenvalue weighted by Crippen LogP contribution is 2.20. The van der Waals surface area contributed by atoms with Crippen molar-refractivity contribution in [3.63, 3.8) is 0 Å². The van der Waals surface area contributed by atoms with Crippen LogP contribution in [0.2, 0.25) is 0 Å². The molecule has 0 radical (unpaired) electrons. The Morgan fingerprint density at radius 3 is 2.42 bits per heavy atom. The van der Waals surface area contributed by atoms with E-state index in [1.54, 1.807) is 0 Å². The molecule has 1 rings (SSSR count). The maximum Gasteiger partial charge on any atom is 0.0435 e. The lowest BCUT2D eigenvalue weighted by atomic mass is 10.2. The van der Waals surface area contributed by atoms with Crippen molar-refractivity contribution in [3.8, 4) is 0 Å². The summed E-state index contributed by atoms with van der Waals surface area (Å²) in [7, 11) is 2.03. The van der Waals surface area contributed by atoms with Crippen molar-refractivity contribution in [3.05, 3.63) is 42.1 Å². The van der Waals surface area contributed by atoms with E-state index in [1.807, 2.05) is 26.1 Å². The molecular formula is C11H15N. The van der Waals surface area contributed by atoms with Gasteiger partial charge in [0.2, 0.25) is 0 Å². The minimum absolute atomic E-state index is 1.06. The molecule has 0 saturated heterocycles. The predicted molar refractivity (Wildman–Crippen MR) is 54.4 cm³/mol. The van der Waals surface area contributed by atoms with E-state index in [4.69, 9.17) is 0 Å². The number of hydrogen-bond donors (Lipinski definition) is 0. The molecular weight excluding hydrogens is 146 g/mol. The fourth-order valence-corrected chi connectivity index (χ4v) is 1.15. The summed E-state index contributed by atoms with van der Waals surface area (Å²) in [6.45, 7) is 8.01. The van der Waals surface area contributed by atoms with E-state index < -0.39 is 0 Å². The van der Waals surface area contributed by atoms with E-state index in [2.05, 4.69) is 30.5 Å². The van der Waals surface area contributed by atoms with Crippen LogP contribution in [0.15, 0.2) is 36.5 Å². The number of hydrogen-bond acceptors (Lipinski definition) is 1. The van der Waals surface area contributed by atoms with Crippen molar-refractivity contribution >= 4 is 5.69 Å². The summed E-state index contributed by atoms with van der Waals surface area (Å²) in [6, 6.07) is 8.30. The van der Waals surface area contributed by atoms with E-state index in [0.717, 1.165) is 5.70 Å². The smallest absolute Gasteiger partial charge is 0.0435 e. The van der Waals surface area contributed by atoms with Crippen LogP contribution in [0.5, 0.6) is 0 Å². The molecule has 0 saturated carbocycles. The van der Waals surface area contributed by atoms with Gasteiger partial charge in [0.15, 0.2) is 0 Å². The molecule has 12 heavy (non-hydrogen) atoms. The zero-order valence-electron chi connectivity index (χ0n) is 7.96. The Bertz CT molecular complexity index is 289. The highest BCUT2D eigenvalue weighted by molar-refractivity contribution is 5.55. The van der Waals surface area contributed by atoms with Gasteiger partial charge in [-0.15, -0.1) is 0 Å². The molecule has 0 aliphatic heterocycles. The summed E-state index contributed by atoms with van der Waals surface area (Å²) in [6.07, 6.45) is 0. The molecule has 0 spiro atoms. The van der Waals surface area contributed by atoms with Crippen LogP contribution in [0.25, 0.3) is 0 Å². The van der Waals surface area contributed by atoms with Crippen LogP contribution in [0.4, 0.5) is 5.69 Å². The van der Waals surface area contributed by atoms with Crippen LogP contribution in [-0.2, 0) is 0 Å². The second-order valence-corrected chi connectivity index (χ2v) is 3.08. The standard InChI is InChI=1S/C11H15N/c1-9(2)12(4)11-8-6-5-7-10(11)3/h5-8H,1H2,2-4H3. The summed E-state index contributed by atoms with van der Waals surface area (Å²) >= 11 is 0. The van der Waals surface area contributed by atoms with Gasteiger partial charge in [0.05, 0.1) is 0 Å². The lowest BCUT2D eigenvalue weighted by Crippen LogP contribution is -2.13. The predicted octanol–water partition coefficient (Wildman–Crippen LogP) is 2.96. The molecule has 64 valence electrons. The van der Waals surface area contributed by atoms with Gasteiger partial charge in [0.1, 0.15) is 0 Å². The Morgan fingerprint density at radius 2 is 1.92 bits per heavy atom. The molecule has 1 aromatic carbocycles. The molecule has 0 aromatic heterocycles. The number of nitrogens with zero attached hydrogens (tertiary/aromatic N) is 1. The molecule has 0 fully saturated rings. The normalized spacial score (nSPS) is 9.58. The average Bonchev–Trinajstić information content (AvgIpc) is 2.04. The van der Waals surface area contributed by atoms with Gasteiger partial charge in [-0.25, -0.2) is 0 Å². The topological polar surface area (TPSA) is 3.24 Å². The van der Waals surface area contributed by atoms with Crippen LogP contribution < -0.4 is 4.90 Å². The highest BCUT2D eigenvalue weighted by atomic mass is 15.1. The Hall–Kier alpha value is -1.24. The van der Waals surface area contributed by atoms with E-state index >= 15 is 0 Å². The maximum atomic E-state index is 3.90. The van der Waals surface area contributed by atoms with Gasteiger partial charge >= 0.3 is 0 Å². The van der Waals surface area contributed by atoms with Gasteiger partial charge in [-0.1, -0.05) is 24.8 Å². The summed E-state index contributed by atoms with van der Waals surface area (Å²) < 4.78 is 0. The largest absolute Gasteiger partial charge is 0.349 e. The molecule has 1 aromatic rings. The first kappa shape index (κ1) is 8.85. The molecule has 0 amide bonds. The van der Waals surface area contributed by atoms with Crippen molar-refractivity contribution in [1.29, 1.82) is 0 Å². The number of anilines is 1. The number of aryl methyl sites for hydroxylation is 1. The van der Waals surface area contributed by atoms with Crippen molar-refractivity contribution in [2.45, 2.75) is 13.8 Å². The first-order chi connectivity index (χ1) is 5.63. The molecule has 1 heteroatoms. The van der Waals surface area contributed by atoms with Gasteiger partial charge in [-0.05, 0) is 25.5 Å². The van der Waals surface area contributed by atoms with Crippen molar-refractivity contribution in [2.24, 2.45) is 0 Å². The van der Waals surface area contributed by atoms with Gasteiger partial charge in [0.25, 0.3) is 0 Å². The van der Waals surface area contributed by atoms with Crippen molar-refractivity contribution in [2.75, 3.05) is 11.9 Å². The molecule has 0 N–H and O–H groups in total. The molecule has 0 aliphatic carbocycles. The maximum absolute atomic E-state index is 3.90. The molecule has 0 heterocycles. The zero-order valence-corrected chi connectivity index (χ0v) is 7.96. The SMILES string of the molecule is C=C(C)N(C)c1ccccc1C. The lowest BCUT2D eigenvalue weighted by molar-refractivity contribution is 1.09. The second kappa shape index (κ2) is 3.44. The minimum atomic E-state index is 1.06. The Kier molecular flexibility index (Phi) is 2.54. The van der Waals surface area contributed by atoms with Gasteiger partial charge in [-0.3, -0.25) is 0 Å². The summed E-state index contributed by atoms with van der Waals surface area (Å²) in [4.78, 5) is 2.09. The second-order valence-electron chi connectivity index (χ2n) is 3.08. The van der Waals surface area contributed by atoms with E-state index in [-0.39, 0.29) is 0 Å². The quantitative estimate of drug-likeness (QED) is 0.644. The van der Waals surface area contributed by atoms with Crippen molar-refractivity contribution in [1.82, 2.24) is 0 Å². The lowest BCUT2D eigenvalue weighted by Gasteiger charge is -2.20. The van der Waals surface area contributed by atoms with Gasteiger partial charge in [0, 0.05) is 18.4 Å². The van der Waals surface area contributed by atoms with Crippen LogP contribution >= 0.6 is 0 Å². The molecule has 0 bridgehead atoms. The number of allylic oxidation sites excluding steroid dienone is 1. The van der Waals surface area contributed by atoms with Crippen LogP contribution in [0.3, 0.4) is 0 Å². The Morgan fingerprint density at radius 1 is 1.33 bits per heavy atom. The van der Waals surface area contributed by atoms with E-state index in [9.17, 15) is 0 Å². The molecule has 0 atom stereocenters. The number of rotatable bonds is 2. The van der Waals surface area contributed by atoms with E-state index in [0.29, 0.717) is 0 Å². The highest BCUT2D eigenvalue weighted by Gasteiger charge is 2.02. The molecule has 0 aliphatic rings. The molecule has 0 unspecified atom stereocenters. The van der Waals surface area contributed by atoms with Crippen LogP contribution in [0.1, 0.15) is 12.5 Å². The van der Waals surface area contributed by atoms with E-state index in [1.165, 1.54) is 11.3 Å².